The maximum absolute atomic E-state index is 13.5. The van der Waals surface area contributed by atoms with E-state index in [1.807, 2.05) is 55.5 Å². The van der Waals surface area contributed by atoms with Crippen LogP contribution in [0.2, 0.25) is 0 Å². The maximum atomic E-state index is 13.5. The highest BCUT2D eigenvalue weighted by Crippen LogP contribution is 2.39. The molecule has 3 N–H and O–H groups in total. The Morgan fingerprint density at radius 2 is 1.68 bits per heavy atom. The normalized spacial score (nSPS) is 13.2. The lowest BCUT2D eigenvalue weighted by atomic mass is 10.0. The van der Waals surface area contributed by atoms with E-state index in [0.717, 1.165) is 12.0 Å². The van der Waals surface area contributed by atoms with Crippen molar-refractivity contribution in [2.75, 3.05) is 20.8 Å². The van der Waals surface area contributed by atoms with Crippen LogP contribution in [0.4, 0.5) is 0 Å². The number of hydrogen-bond donors (Lipinski definition) is 3. The fraction of sp³-hybridized carbons (Fsp3) is 0.452. The minimum absolute atomic E-state index is 0.119. The molecule has 3 aromatic rings. The number of benzene rings is 2. The van der Waals surface area contributed by atoms with Crippen LogP contribution in [0.1, 0.15) is 56.1 Å². The second kappa shape index (κ2) is 15.1. The third-order valence-corrected chi connectivity index (χ3v) is 7.05. The summed E-state index contributed by atoms with van der Waals surface area (Å²) in [5, 5.41) is 20.3. The van der Waals surface area contributed by atoms with E-state index in [2.05, 4.69) is 29.6 Å². The van der Waals surface area contributed by atoms with E-state index in [1.54, 1.807) is 25.0 Å². The van der Waals surface area contributed by atoms with E-state index in [0.29, 0.717) is 54.5 Å². The summed E-state index contributed by atoms with van der Waals surface area (Å²) in [5.41, 5.74) is 2.65. The first-order chi connectivity index (χ1) is 19.3. The summed E-state index contributed by atoms with van der Waals surface area (Å²) in [6.07, 6.45) is 1.80. The molecule has 0 aliphatic carbocycles. The molecule has 2 amide bonds. The molecule has 9 heteroatoms. The molecule has 2 aromatic carbocycles. The van der Waals surface area contributed by atoms with Crippen LogP contribution in [0, 0.1) is 5.92 Å². The summed E-state index contributed by atoms with van der Waals surface area (Å²) in [5.74, 6) is 0.715. The Balaban J connectivity index is 1.92. The van der Waals surface area contributed by atoms with E-state index in [9.17, 15) is 14.7 Å². The predicted octanol–water partition coefficient (Wildman–Crippen LogP) is 4.23. The van der Waals surface area contributed by atoms with Gasteiger partial charge in [0.15, 0.2) is 5.69 Å². The Bertz CT molecular complexity index is 1220. The largest absolute Gasteiger partial charge is 0.496 e. The zero-order valence-electron chi connectivity index (χ0n) is 24.1. The van der Waals surface area contributed by atoms with Crippen LogP contribution in [0.5, 0.6) is 11.5 Å². The number of methoxy groups -OCH3 is 2. The third-order valence-electron chi connectivity index (χ3n) is 7.05. The molecule has 1 heterocycles. The van der Waals surface area contributed by atoms with Crippen LogP contribution in [0.15, 0.2) is 54.6 Å². The van der Waals surface area contributed by atoms with Crippen molar-refractivity contribution in [2.24, 2.45) is 5.92 Å². The molecule has 3 rings (SSSR count). The van der Waals surface area contributed by atoms with Crippen molar-refractivity contribution in [2.45, 2.75) is 65.1 Å². The average Bonchev–Trinajstić information content (AvgIpc) is 3.40. The van der Waals surface area contributed by atoms with E-state index in [1.165, 1.54) is 0 Å². The molecular weight excluding hydrogens is 508 g/mol. The van der Waals surface area contributed by atoms with E-state index in [4.69, 9.17) is 9.47 Å². The predicted molar refractivity (Wildman–Crippen MR) is 156 cm³/mol. The molecule has 0 aliphatic heterocycles. The SMILES string of the molecule is CCC(C)Cn1nc(C(=O)NC(CCc2ccccc2)C(=O)NCC(O)CC)cc1-c1c(OC)cccc1OC. The zero-order chi connectivity index (χ0) is 29.1. The van der Waals surface area contributed by atoms with Crippen molar-refractivity contribution < 1.29 is 24.2 Å². The summed E-state index contributed by atoms with van der Waals surface area (Å²) < 4.78 is 13.1. The fourth-order valence-electron chi connectivity index (χ4n) is 4.34. The first kappa shape index (κ1) is 30.7. The van der Waals surface area contributed by atoms with Crippen molar-refractivity contribution in [3.63, 3.8) is 0 Å². The maximum Gasteiger partial charge on any atom is 0.272 e. The highest BCUT2D eigenvalue weighted by molar-refractivity contribution is 5.97. The second-order valence-electron chi connectivity index (χ2n) is 10.0. The first-order valence-corrected chi connectivity index (χ1v) is 13.9. The minimum Gasteiger partial charge on any atom is -0.496 e. The van der Waals surface area contributed by atoms with Gasteiger partial charge in [-0.05, 0) is 48.9 Å². The monoisotopic (exact) mass is 550 g/mol. The lowest BCUT2D eigenvalue weighted by molar-refractivity contribution is -0.123. The minimum atomic E-state index is -0.805. The highest BCUT2D eigenvalue weighted by Gasteiger charge is 2.26. The van der Waals surface area contributed by atoms with E-state index < -0.39 is 18.1 Å². The molecule has 40 heavy (non-hydrogen) atoms. The van der Waals surface area contributed by atoms with Crippen LogP contribution in [0.25, 0.3) is 11.3 Å². The number of ether oxygens (including phenoxy) is 2. The van der Waals surface area contributed by atoms with E-state index in [-0.39, 0.29) is 18.1 Å². The smallest absolute Gasteiger partial charge is 0.272 e. The molecule has 0 saturated carbocycles. The third kappa shape index (κ3) is 8.08. The van der Waals surface area contributed by atoms with Gasteiger partial charge < -0.3 is 25.2 Å². The first-order valence-electron chi connectivity index (χ1n) is 13.9. The quantitative estimate of drug-likeness (QED) is 0.261. The van der Waals surface area contributed by atoms with Gasteiger partial charge in [0.05, 0.1) is 31.6 Å². The molecule has 1 aromatic heterocycles. The van der Waals surface area contributed by atoms with Gasteiger partial charge in [0.1, 0.15) is 17.5 Å². The summed E-state index contributed by atoms with van der Waals surface area (Å²) in [6, 6.07) is 16.2. The number of carbonyl (C=O) groups is 2. The lowest BCUT2D eigenvalue weighted by Crippen LogP contribution is -2.48. The van der Waals surface area contributed by atoms with Gasteiger partial charge in [-0.15, -0.1) is 0 Å². The topological polar surface area (TPSA) is 115 Å². The summed E-state index contributed by atoms with van der Waals surface area (Å²) >= 11 is 0. The van der Waals surface area contributed by atoms with Gasteiger partial charge in [-0.1, -0.05) is 63.6 Å². The number of aromatic nitrogens is 2. The van der Waals surface area contributed by atoms with Gasteiger partial charge in [0, 0.05) is 13.1 Å². The zero-order valence-corrected chi connectivity index (χ0v) is 24.1. The number of rotatable bonds is 15. The number of aliphatic hydroxyl groups is 1. The number of hydrogen-bond acceptors (Lipinski definition) is 6. The lowest BCUT2D eigenvalue weighted by Gasteiger charge is -2.19. The highest BCUT2D eigenvalue weighted by atomic mass is 16.5. The Morgan fingerprint density at radius 1 is 1.00 bits per heavy atom. The van der Waals surface area contributed by atoms with Gasteiger partial charge in [-0.3, -0.25) is 14.3 Å². The van der Waals surface area contributed by atoms with Crippen LogP contribution >= 0.6 is 0 Å². The van der Waals surface area contributed by atoms with Gasteiger partial charge in [-0.2, -0.15) is 5.10 Å². The Labute approximate surface area is 236 Å². The summed E-state index contributed by atoms with van der Waals surface area (Å²) in [7, 11) is 3.18. The van der Waals surface area contributed by atoms with Crippen LogP contribution < -0.4 is 20.1 Å². The molecule has 0 aliphatic rings. The number of amides is 2. The van der Waals surface area contributed by atoms with Crippen molar-refractivity contribution in [3.05, 3.63) is 65.9 Å². The number of nitrogens with one attached hydrogen (secondary N) is 2. The Hall–Kier alpha value is -3.85. The van der Waals surface area contributed by atoms with Crippen molar-refractivity contribution in [3.8, 4) is 22.8 Å². The molecule has 3 unspecified atom stereocenters. The molecule has 216 valence electrons. The molecule has 0 radical (unpaired) electrons. The van der Waals surface area contributed by atoms with Crippen molar-refractivity contribution >= 4 is 11.8 Å². The van der Waals surface area contributed by atoms with E-state index >= 15 is 0 Å². The molecular formula is C31H42N4O5. The number of nitrogens with zero attached hydrogens (tertiary/aromatic N) is 2. The van der Waals surface area contributed by atoms with Gasteiger partial charge in [0.25, 0.3) is 5.91 Å². The standard InChI is InChI=1S/C31H42N4O5/c1-6-21(3)20-35-26(29-27(39-4)14-11-15-28(29)40-5)18-25(34-35)31(38)33-24(30(37)32-19-23(36)7-2)17-16-22-12-9-8-10-13-22/h8-15,18,21,23-24,36H,6-7,16-17,19-20H2,1-5H3,(H,32,37)(H,33,38). The molecule has 0 fully saturated rings. The number of aryl methyl sites for hydroxylation is 1. The van der Waals surface area contributed by atoms with Crippen molar-refractivity contribution in [1.82, 2.24) is 20.4 Å². The molecule has 0 bridgehead atoms. The van der Waals surface area contributed by atoms with Crippen molar-refractivity contribution in [1.29, 1.82) is 0 Å². The van der Waals surface area contributed by atoms with Crippen LogP contribution in [-0.4, -0.2) is 59.6 Å². The Kier molecular flexibility index (Phi) is 11.6. The van der Waals surface area contributed by atoms with Crippen LogP contribution in [0.3, 0.4) is 0 Å². The number of carbonyl (C=O) groups excluding carboxylic acids is 2. The van der Waals surface area contributed by atoms with Crippen LogP contribution in [-0.2, 0) is 17.8 Å². The van der Waals surface area contributed by atoms with Gasteiger partial charge >= 0.3 is 0 Å². The van der Waals surface area contributed by atoms with Gasteiger partial charge in [-0.25, -0.2) is 0 Å². The fourth-order valence-corrected chi connectivity index (χ4v) is 4.34. The summed E-state index contributed by atoms with van der Waals surface area (Å²) in [4.78, 5) is 26.6. The molecule has 3 atom stereocenters. The average molecular weight is 551 g/mol. The number of aliphatic hydroxyl groups excluding tert-OH is 1. The Morgan fingerprint density at radius 3 is 2.27 bits per heavy atom. The molecule has 0 saturated heterocycles. The molecule has 0 spiro atoms. The second-order valence-corrected chi connectivity index (χ2v) is 10.0. The van der Waals surface area contributed by atoms with Gasteiger partial charge in [0.2, 0.25) is 5.91 Å². The summed E-state index contributed by atoms with van der Waals surface area (Å²) in [6.45, 7) is 6.78. The molecule has 9 nitrogen and oxygen atoms in total.